The molecule has 0 aromatic rings. The lowest BCUT2D eigenvalue weighted by Gasteiger charge is -2.19. The van der Waals surface area contributed by atoms with Crippen LogP contribution in [0.5, 0.6) is 0 Å². The van der Waals surface area contributed by atoms with Crippen LogP contribution in [0.1, 0.15) is 38.5 Å². The lowest BCUT2D eigenvalue weighted by atomic mass is 9.95. The minimum atomic E-state index is -4.05. The molecule has 1 saturated carbocycles. The molecule has 1 unspecified atom stereocenters. The molecular weight excluding hydrogens is 179 g/mol. The fourth-order valence-corrected chi connectivity index (χ4v) is 1.95. The van der Waals surface area contributed by atoms with Crippen LogP contribution in [0.15, 0.2) is 0 Å². The second kappa shape index (κ2) is 4.31. The van der Waals surface area contributed by atoms with Gasteiger partial charge in [-0.3, -0.25) is 0 Å². The molecule has 2 N–H and O–H groups in total. The average Bonchev–Trinajstić information content (AvgIpc) is 2.50. The Kier molecular flexibility index (Phi) is 3.59. The van der Waals surface area contributed by atoms with Crippen LogP contribution in [0, 0.1) is 5.92 Å². The molecule has 1 aliphatic rings. The molecular formula is C9H16F3N. The first-order valence-electron chi connectivity index (χ1n) is 4.81. The van der Waals surface area contributed by atoms with E-state index >= 15 is 0 Å². The minimum absolute atomic E-state index is 0.0914. The summed E-state index contributed by atoms with van der Waals surface area (Å²) in [6.45, 7) is 0. The molecule has 4 heteroatoms. The van der Waals surface area contributed by atoms with E-state index in [1.54, 1.807) is 0 Å². The number of halogens is 3. The van der Waals surface area contributed by atoms with Crippen molar-refractivity contribution in [3.05, 3.63) is 0 Å². The topological polar surface area (TPSA) is 26.0 Å². The minimum Gasteiger partial charge on any atom is -0.327 e. The van der Waals surface area contributed by atoms with Gasteiger partial charge in [-0.1, -0.05) is 12.8 Å². The van der Waals surface area contributed by atoms with E-state index in [2.05, 4.69) is 0 Å². The molecule has 0 saturated heterocycles. The maximum atomic E-state index is 11.8. The van der Waals surface area contributed by atoms with E-state index < -0.39 is 12.6 Å². The fraction of sp³-hybridized carbons (Fsp3) is 1.00. The first kappa shape index (κ1) is 10.8. The van der Waals surface area contributed by atoms with E-state index in [0.29, 0.717) is 5.92 Å². The van der Waals surface area contributed by atoms with Gasteiger partial charge in [0.1, 0.15) is 0 Å². The molecule has 78 valence electrons. The summed E-state index contributed by atoms with van der Waals surface area (Å²) in [5.74, 6) is 0.336. The van der Waals surface area contributed by atoms with Crippen molar-refractivity contribution in [3.63, 3.8) is 0 Å². The molecule has 0 aromatic heterocycles. The van der Waals surface area contributed by atoms with Crippen molar-refractivity contribution in [1.29, 1.82) is 0 Å². The molecule has 0 aromatic carbocycles. The number of hydrogen-bond acceptors (Lipinski definition) is 1. The third-order valence-corrected chi connectivity index (χ3v) is 2.77. The van der Waals surface area contributed by atoms with Crippen molar-refractivity contribution in [1.82, 2.24) is 0 Å². The van der Waals surface area contributed by atoms with Gasteiger partial charge in [0.15, 0.2) is 0 Å². The Hall–Kier alpha value is -0.250. The highest BCUT2D eigenvalue weighted by molar-refractivity contribution is 4.78. The predicted molar refractivity (Wildman–Crippen MR) is 45.2 cm³/mol. The zero-order valence-electron chi connectivity index (χ0n) is 7.61. The molecule has 0 amide bonds. The van der Waals surface area contributed by atoms with Gasteiger partial charge in [-0.2, -0.15) is 13.2 Å². The lowest BCUT2D eigenvalue weighted by molar-refractivity contribution is -0.136. The molecule has 1 aliphatic carbocycles. The Labute approximate surface area is 76.5 Å². The molecule has 0 spiro atoms. The number of nitrogens with two attached hydrogens (primary N) is 1. The Morgan fingerprint density at radius 1 is 1.23 bits per heavy atom. The van der Waals surface area contributed by atoms with E-state index in [1.165, 1.54) is 0 Å². The number of hydrogen-bond donors (Lipinski definition) is 1. The predicted octanol–water partition coefficient (Wildman–Crippen LogP) is 2.85. The van der Waals surface area contributed by atoms with E-state index in [-0.39, 0.29) is 12.5 Å². The molecule has 1 atom stereocenters. The van der Waals surface area contributed by atoms with Crippen molar-refractivity contribution in [2.24, 2.45) is 11.7 Å². The van der Waals surface area contributed by atoms with E-state index in [4.69, 9.17) is 5.73 Å². The van der Waals surface area contributed by atoms with Gasteiger partial charge >= 0.3 is 6.18 Å². The summed E-state index contributed by atoms with van der Waals surface area (Å²) < 4.78 is 35.5. The van der Waals surface area contributed by atoms with Gasteiger partial charge in [0.05, 0.1) is 0 Å². The first-order valence-corrected chi connectivity index (χ1v) is 4.81. The van der Waals surface area contributed by atoms with Gasteiger partial charge in [0.2, 0.25) is 0 Å². The van der Waals surface area contributed by atoms with Crippen LogP contribution < -0.4 is 5.73 Å². The van der Waals surface area contributed by atoms with Crippen molar-refractivity contribution < 1.29 is 13.2 Å². The normalized spacial score (nSPS) is 22.2. The first-order chi connectivity index (χ1) is 5.99. The summed E-state index contributed by atoms with van der Waals surface area (Å²) in [5, 5.41) is 0. The van der Waals surface area contributed by atoms with Gasteiger partial charge in [-0.25, -0.2) is 0 Å². The van der Waals surface area contributed by atoms with Crippen LogP contribution in [0.4, 0.5) is 13.2 Å². The molecule has 0 heterocycles. The van der Waals surface area contributed by atoms with Gasteiger partial charge in [-0.05, 0) is 25.2 Å². The highest BCUT2D eigenvalue weighted by atomic mass is 19.4. The fourth-order valence-electron chi connectivity index (χ4n) is 1.95. The monoisotopic (exact) mass is 195 g/mol. The number of alkyl halides is 3. The zero-order chi connectivity index (χ0) is 9.90. The molecule has 0 aliphatic heterocycles. The highest BCUT2D eigenvalue weighted by Gasteiger charge is 2.30. The van der Waals surface area contributed by atoms with Crippen LogP contribution in [0.3, 0.4) is 0 Å². The highest BCUT2D eigenvalue weighted by Crippen LogP contribution is 2.30. The summed E-state index contributed by atoms with van der Waals surface area (Å²) in [7, 11) is 0. The third-order valence-electron chi connectivity index (χ3n) is 2.77. The van der Waals surface area contributed by atoms with Crippen molar-refractivity contribution in [3.8, 4) is 0 Å². The summed E-state index contributed by atoms with van der Waals surface area (Å²) >= 11 is 0. The SMILES string of the molecule is NC(CCC(F)(F)F)C1CCCC1. The summed E-state index contributed by atoms with van der Waals surface area (Å²) in [5.41, 5.74) is 5.69. The van der Waals surface area contributed by atoms with Crippen LogP contribution in [0.25, 0.3) is 0 Å². The lowest BCUT2D eigenvalue weighted by Crippen LogP contribution is -2.29. The van der Waals surface area contributed by atoms with Crippen LogP contribution >= 0.6 is 0 Å². The molecule has 1 fully saturated rings. The Morgan fingerprint density at radius 2 is 1.77 bits per heavy atom. The zero-order valence-corrected chi connectivity index (χ0v) is 7.61. The van der Waals surface area contributed by atoms with Crippen LogP contribution in [-0.4, -0.2) is 12.2 Å². The second-order valence-corrected chi connectivity index (χ2v) is 3.86. The molecule has 13 heavy (non-hydrogen) atoms. The molecule has 1 nitrogen and oxygen atoms in total. The third kappa shape index (κ3) is 3.98. The summed E-state index contributed by atoms with van der Waals surface area (Å²) in [6, 6.07) is -0.246. The van der Waals surface area contributed by atoms with Crippen LogP contribution in [-0.2, 0) is 0 Å². The smallest absolute Gasteiger partial charge is 0.327 e. The maximum Gasteiger partial charge on any atom is 0.389 e. The van der Waals surface area contributed by atoms with E-state index in [9.17, 15) is 13.2 Å². The van der Waals surface area contributed by atoms with Gasteiger partial charge in [-0.15, -0.1) is 0 Å². The van der Waals surface area contributed by atoms with Gasteiger partial charge in [0, 0.05) is 12.5 Å². The molecule has 1 rings (SSSR count). The van der Waals surface area contributed by atoms with Gasteiger partial charge < -0.3 is 5.73 Å². The summed E-state index contributed by atoms with van der Waals surface area (Å²) in [4.78, 5) is 0. The number of rotatable bonds is 3. The Balaban J connectivity index is 2.20. The Bertz CT molecular complexity index is 149. The van der Waals surface area contributed by atoms with Gasteiger partial charge in [0.25, 0.3) is 0 Å². The quantitative estimate of drug-likeness (QED) is 0.736. The van der Waals surface area contributed by atoms with Crippen molar-refractivity contribution in [2.75, 3.05) is 0 Å². The largest absolute Gasteiger partial charge is 0.389 e. The molecule has 0 bridgehead atoms. The van der Waals surface area contributed by atoms with Crippen molar-refractivity contribution in [2.45, 2.75) is 50.7 Å². The van der Waals surface area contributed by atoms with E-state index in [0.717, 1.165) is 25.7 Å². The maximum absolute atomic E-state index is 11.8. The summed E-state index contributed by atoms with van der Waals surface area (Å²) in [6.07, 6.45) is -0.401. The average molecular weight is 195 g/mol. The molecule has 0 radical (unpaired) electrons. The van der Waals surface area contributed by atoms with E-state index in [1.807, 2.05) is 0 Å². The Morgan fingerprint density at radius 3 is 2.23 bits per heavy atom. The van der Waals surface area contributed by atoms with Crippen molar-refractivity contribution >= 4 is 0 Å². The second-order valence-electron chi connectivity index (χ2n) is 3.86. The standard InChI is InChI=1S/C9H16F3N/c10-9(11,12)6-5-8(13)7-3-1-2-4-7/h7-8H,1-6,13H2. The van der Waals surface area contributed by atoms with Crippen LogP contribution in [0.2, 0.25) is 0 Å².